The van der Waals surface area contributed by atoms with Gasteiger partial charge in [0.2, 0.25) is 5.91 Å². The van der Waals surface area contributed by atoms with Crippen molar-refractivity contribution in [3.05, 3.63) is 18.2 Å². The zero-order valence-corrected chi connectivity index (χ0v) is 13.2. The van der Waals surface area contributed by atoms with E-state index in [2.05, 4.69) is 9.55 Å². The Morgan fingerprint density at radius 1 is 1.27 bits per heavy atom. The summed E-state index contributed by atoms with van der Waals surface area (Å²) in [6.45, 7) is 6.29. The summed E-state index contributed by atoms with van der Waals surface area (Å²) in [5, 5.41) is 0. The van der Waals surface area contributed by atoms with Crippen LogP contribution < -0.4 is 0 Å². The van der Waals surface area contributed by atoms with Gasteiger partial charge in [0.05, 0.1) is 13.2 Å². The minimum atomic E-state index is 0.0329. The summed E-state index contributed by atoms with van der Waals surface area (Å²) in [5.41, 5.74) is 0. The summed E-state index contributed by atoms with van der Waals surface area (Å²) in [7, 11) is 0. The summed E-state index contributed by atoms with van der Waals surface area (Å²) in [6.07, 6.45) is 6.39. The third-order valence-corrected chi connectivity index (χ3v) is 4.25. The van der Waals surface area contributed by atoms with Gasteiger partial charge in [0, 0.05) is 44.6 Å². The van der Waals surface area contributed by atoms with E-state index in [4.69, 9.17) is 9.47 Å². The van der Waals surface area contributed by atoms with Crippen molar-refractivity contribution >= 4 is 5.91 Å². The first kappa shape index (κ1) is 15.5. The maximum atomic E-state index is 12.3. The number of imidazole rings is 1. The summed E-state index contributed by atoms with van der Waals surface area (Å²) >= 11 is 0. The molecule has 22 heavy (non-hydrogen) atoms. The second-order valence-corrected chi connectivity index (χ2v) is 6.25. The van der Waals surface area contributed by atoms with Crippen molar-refractivity contribution in [3.8, 4) is 0 Å². The van der Waals surface area contributed by atoms with Crippen LogP contribution in [0.2, 0.25) is 0 Å². The van der Waals surface area contributed by atoms with Crippen molar-refractivity contribution < 1.29 is 14.3 Å². The molecule has 1 aliphatic heterocycles. The molecule has 3 rings (SSSR count). The fourth-order valence-electron chi connectivity index (χ4n) is 2.80. The lowest BCUT2D eigenvalue weighted by Crippen LogP contribution is -2.37. The number of hydrogen-bond donors (Lipinski definition) is 0. The number of carbonyl (C=O) groups excluding carboxylic acids is 1. The molecule has 1 saturated carbocycles. The molecule has 0 spiro atoms. The van der Waals surface area contributed by atoms with Crippen LogP contribution in [0.25, 0.3) is 0 Å². The first-order chi connectivity index (χ1) is 10.8. The molecular formula is C16H25N3O3. The van der Waals surface area contributed by atoms with Gasteiger partial charge in [-0.2, -0.15) is 0 Å². The molecule has 0 aromatic carbocycles. The third kappa shape index (κ3) is 4.08. The number of aromatic nitrogens is 2. The highest BCUT2D eigenvalue weighted by Crippen LogP contribution is 2.29. The van der Waals surface area contributed by atoms with Crippen LogP contribution in [0.3, 0.4) is 0 Å². The van der Waals surface area contributed by atoms with Crippen molar-refractivity contribution in [3.63, 3.8) is 0 Å². The standard InChI is InChI=1S/C16H25N3O3/c1-2-21-12-16(20)19-8-14(11-22-10-13-3-4-13)7-18-6-5-17-15(18)9-19/h5-6,13-14H,2-4,7-12H2,1H3/t14-/m0/s1. The van der Waals surface area contributed by atoms with Crippen LogP contribution in [-0.4, -0.2) is 53.3 Å². The second-order valence-electron chi connectivity index (χ2n) is 6.25. The number of nitrogens with zero attached hydrogens (tertiary/aromatic N) is 3. The van der Waals surface area contributed by atoms with Crippen molar-refractivity contribution in [1.29, 1.82) is 0 Å². The fourth-order valence-corrected chi connectivity index (χ4v) is 2.80. The molecule has 2 aliphatic rings. The first-order valence-electron chi connectivity index (χ1n) is 8.19. The molecule has 122 valence electrons. The molecule has 1 aromatic rings. The van der Waals surface area contributed by atoms with E-state index in [0.29, 0.717) is 32.2 Å². The summed E-state index contributed by atoms with van der Waals surface area (Å²) in [6, 6.07) is 0. The molecule has 0 radical (unpaired) electrons. The molecule has 1 aromatic heterocycles. The largest absolute Gasteiger partial charge is 0.381 e. The Bertz CT molecular complexity index is 499. The molecule has 2 heterocycles. The molecule has 0 unspecified atom stereocenters. The van der Waals surface area contributed by atoms with E-state index in [9.17, 15) is 4.79 Å². The number of fused-ring (bicyclic) bond motifs is 1. The quantitative estimate of drug-likeness (QED) is 0.762. The van der Waals surface area contributed by atoms with Gasteiger partial charge in [-0.15, -0.1) is 0 Å². The molecule has 0 bridgehead atoms. The Hall–Kier alpha value is -1.40. The van der Waals surface area contributed by atoms with E-state index >= 15 is 0 Å². The predicted molar refractivity (Wildman–Crippen MR) is 81.2 cm³/mol. The van der Waals surface area contributed by atoms with Gasteiger partial charge in [0.25, 0.3) is 0 Å². The molecule has 6 heteroatoms. The van der Waals surface area contributed by atoms with E-state index in [0.717, 1.165) is 24.9 Å². The third-order valence-electron chi connectivity index (χ3n) is 4.25. The van der Waals surface area contributed by atoms with Crippen LogP contribution in [0.4, 0.5) is 0 Å². The number of carbonyl (C=O) groups is 1. The molecular weight excluding hydrogens is 282 g/mol. The summed E-state index contributed by atoms with van der Waals surface area (Å²) < 4.78 is 13.3. The van der Waals surface area contributed by atoms with Crippen LogP contribution in [0.1, 0.15) is 25.6 Å². The molecule has 1 aliphatic carbocycles. The Morgan fingerprint density at radius 3 is 2.86 bits per heavy atom. The lowest BCUT2D eigenvalue weighted by atomic mass is 10.1. The number of ether oxygens (including phenoxy) is 2. The second kappa shape index (κ2) is 7.24. The number of amides is 1. The van der Waals surface area contributed by atoms with E-state index in [-0.39, 0.29) is 12.5 Å². The fraction of sp³-hybridized carbons (Fsp3) is 0.750. The Labute approximate surface area is 131 Å². The smallest absolute Gasteiger partial charge is 0.248 e. The van der Waals surface area contributed by atoms with Gasteiger partial charge in [0.1, 0.15) is 12.4 Å². The topological polar surface area (TPSA) is 56.6 Å². The Balaban J connectivity index is 1.61. The van der Waals surface area contributed by atoms with Crippen molar-refractivity contribution in [2.24, 2.45) is 11.8 Å². The molecule has 0 saturated heterocycles. The van der Waals surface area contributed by atoms with Gasteiger partial charge in [-0.1, -0.05) is 0 Å². The van der Waals surface area contributed by atoms with Gasteiger partial charge in [0.15, 0.2) is 0 Å². The highest BCUT2D eigenvalue weighted by molar-refractivity contribution is 5.77. The van der Waals surface area contributed by atoms with Gasteiger partial charge in [-0.25, -0.2) is 4.98 Å². The normalized spacial score (nSPS) is 21.5. The van der Waals surface area contributed by atoms with E-state index in [1.54, 1.807) is 6.20 Å². The van der Waals surface area contributed by atoms with Gasteiger partial charge < -0.3 is 18.9 Å². The Morgan fingerprint density at radius 2 is 2.09 bits per heavy atom. The van der Waals surface area contributed by atoms with E-state index in [1.807, 2.05) is 18.0 Å². The van der Waals surface area contributed by atoms with Gasteiger partial charge >= 0.3 is 0 Å². The molecule has 0 N–H and O–H groups in total. The van der Waals surface area contributed by atoms with Crippen LogP contribution in [0.15, 0.2) is 12.4 Å². The molecule has 1 atom stereocenters. The average molecular weight is 307 g/mol. The zero-order chi connectivity index (χ0) is 15.4. The molecule has 1 fully saturated rings. The predicted octanol–water partition coefficient (Wildman–Crippen LogP) is 1.30. The first-order valence-corrected chi connectivity index (χ1v) is 8.19. The monoisotopic (exact) mass is 307 g/mol. The minimum absolute atomic E-state index is 0.0329. The van der Waals surface area contributed by atoms with Crippen molar-refractivity contribution in [1.82, 2.24) is 14.5 Å². The van der Waals surface area contributed by atoms with Crippen LogP contribution >= 0.6 is 0 Å². The van der Waals surface area contributed by atoms with Crippen LogP contribution in [0, 0.1) is 11.8 Å². The van der Waals surface area contributed by atoms with Crippen LogP contribution in [0.5, 0.6) is 0 Å². The maximum absolute atomic E-state index is 12.3. The molecule has 1 amide bonds. The van der Waals surface area contributed by atoms with Crippen LogP contribution in [-0.2, 0) is 27.4 Å². The van der Waals surface area contributed by atoms with Crippen molar-refractivity contribution in [2.45, 2.75) is 32.9 Å². The highest BCUT2D eigenvalue weighted by Gasteiger charge is 2.27. The Kier molecular flexibility index (Phi) is 5.10. The van der Waals surface area contributed by atoms with Crippen molar-refractivity contribution in [2.75, 3.05) is 33.0 Å². The van der Waals surface area contributed by atoms with E-state index in [1.165, 1.54) is 12.8 Å². The lowest BCUT2D eigenvalue weighted by Gasteiger charge is -2.24. The average Bonchev–Trinajstić information content (AvgIpc) is 3.27. The highest BCUT2D eigenvalue weighted by atomic mass is 16.5. The molecule has 6 nitrogen and oxygen atoms in total. The minimum Gasteiger partial charge on any atom is -0.381 e. The van der Waals surface area contributed by atoms with E-state index < -0.39 is 0 Å². The summed E-state index contributed by atoms with van der Waals surface area (Å²) in [5.74, 6) is 2.05. The maximum Gasteiger partial charge on any atom is 0.248 e. The SMILES string of the molecule is CCOCC(=O)N1Cc2nccn2C[C@H](COCC2CC2)C1. The van der Waals surface area contributed by atoms with Gasteiger partial charge in [-0.05, 0) is 25.7 Å². The van der Waals surface area contributed by atoms with Gasteiger partial charge in [-0.3, -0.25) is 4.79 Å². The lowest BCUT2D eigenvalue weighted by molar-refractivity contribution is -0.137. The zero-order valence-electron chi connectivity index (χ0n) is 13.2. The number of hydrogen-bond acceptors (Lipinski definition) is 4. The number of rotatable bonds is 7. The summed E-state index contributed by atoms with van der Waals surface area (Å²) in [4.78, 5) is 18.5.